The first kappa shape index (κ1) is 16.4. The maximum atomic E-state index is 11.8. The Labute approximate surface area is 133 Å². The van der Waals surface area contributed by atoms with Gasteiger partial charge in [0.05, 0.1) is 22.4 Å². The van der Waals surface area contributed by atoms with Crippen LogP contribution in [0, 0.1) is 0 Å². The fourth-order valence-electron chi connectivity index (χ4n) is 2.08. The third kappa shape index (κ3) is 5.74. The third-order valence-electron chi connectivity index (χ3n) is 3.28. The number of Topliss-reactive ketones (excluding diaryl/α,β-unsaturated/α-hetero) is 1. The lowest BCUT2D eigenvalue weighted by molar-refractivity contribution is -0.121. The zero-order valence-electron chi connectivity index (χ0n) is 11.8. The first-order valence-corrected chi connectivity index (χ1v) is 8.20. The van der Waals surface area contributed by atoms with Gasteiger partial charge in [-0.25, -0.2) is 0 Å². The Morgan fingerprint density at radius 2 is 2.05 bits per heavy atom. The first-order valence-electron chi connectivity index (χ1n) is 7.00. The molecule has 0 aromatic carbocycles. The third-order valence-corrected chi connectivity index (χ3v) is 4.55. The van der Waals surface area contributed by atoms with Crippen molar-refractivity contribution in [2.45, 2.75) is 12.8 Å². The second kappa shape index (κ2) is 8.48. The van der Waals surface area contributed by atoms with Crippen LogP contribution in [0.4, 0.5) is 0 Å². The summed E-state index contributed by atoms with van der Waals surface area (Å²) in [6.07, 6.45) is 0.442. The van der Waals surface area contributed by atoms with Crippen molar-refractivity contribution in [3.63, 3.8) is 0 Å². The van der Waals surface area contributed by atoms with Crippen LogP contribution >= 0.6 is 22.9 Å². The molecule has 1 aromatic rings. The molecule has 0 saturated carbocycles. The molecule has 0 radical (unpaired) electrons. The van der Waals surface area contributed by atoms with Gasteiger partial charge in [-0.15, -0.1) is 11.3 Å². The molecule has 5 nitrogen and oxygen atoms in total. The lowest BCUT2D eigenvalue weighted by atomic mass is 10.2. The molecule has 1 saturated heterocycles. The average Bonchev–Trinajstić information content (AvgIpc) is 2.92. The summed E-state index contributed by atoms with van der Waals surface area (Å²) in [5.41, 5.74) is 0. The van der Waals surface area contributed by atoms with Crippen LogP contribution in [-0.2, 0) is 9.53 Å². The Hall–Kier alpha value is -0.950. The molecule has 1 aliphatic rings. The van der Waals surface area contributed by atoms with Crippen molar-refractivity contribution in [1.82, 2.24) is 10.2 Å². The van der Waals surface area contributed by atoms with Gasteiger partial charge in [0, 0.05) is 39.0 Å². The van der Waals surface area contributed by atoms with Gasteiger partial charge in [0.15, 0.2) is 5.78 Å². The van der Waals surface area contributed by atoms with Gasteiger partial charge in [0.1, 0.15) is 0 Å². The predicted molar refractivity (Wildman–Crippen MR) is 83.2 cm³/mol. The van der Waals surface area contributed by atoms with Crippen molar-refractivity contribution in [3.8, 4) is 0 Å². The summed E-state index contributed by atoms with van der Waals surface area (Å²) in [6, 6.07) is 3.40. The predicted octanol–water partition coefficient (Wildman–Crippen LogP) is 1.81. The fourth-order valence-corrected chi connectivity index (χ4v) is 3.09. The van der Waals surface area contributed by atoms with Crippen LogP contribution in [0.3, 0.4) is 0 Å². The van der Waals surface area contributed by atoms with E-state index in [-0.39, 0.29) is 24.5 Å². The molecule has 7 heteroatoms. The highest BCUT2D eigenvalue weighted by molar-refractivity contribution is 7.18. The minimum atomic E-state index is -0.0840. The highest BCUT2D eigenvalue weighted by atomic mass is 35.5. The molecule has 0 unspecified atom stereocenters. The number of nitrogens with one attached hydrogen (secondary N) is 1. The van der Waals surface area contributed by atoms with Crippen molar-refractivity contribution < 1.29 is 14.3 Å². The number of hydrogen-bond donors (Lipinski definition) is 1. The molecule has 21 heavy (non-hydrogen) atoms. The van der Waals surface area contributed by atoms with E-state index in [1.807, 2.05) is 0 Å². The van der Waals surface area contributed by atoms with E-state index in [2.05, 4.69) is 10.2 Å². The van der Waals surface area contributed by atoms with E-state index in [1.54, 1.807) is 12.1 Å². The van der Waals surface area contributed by atoms with Gasteiger partial charge < -0.3 is 10.1 Å². The number of hydrogen-bond acceptors (Lipinski definition) is 5. The van der Waals surface area contributed by atoms with Crippen molar-refractivity contribution in [2.24, 2.45) is 0 Å². The molecular weight excluding hydrogens is 312 g/mol. The van der Waals surface area contributed by atoms with Crippen molar-refractivity contribution in [2.75, 3.05) is 39.4 Å². The second-order valence-electron chi connectivity index (χ2n) is 4.83. The summed E-state index contributed by atoms with van der Waals surface area (Å²) in [4.78, 5) is 26.4. The highest BCUT2D eigenvalue weighted by Gasteiger charge is 2.12. The maximum Gasteiger partial charge on any atom is 0.220 e. The Kier molecular flexibility index (Phi) is 6.63. The van der Waals surface area contributed by atoms with Crippen LogP contribution in [0.2, 0.25) is 4.34 Å². The number of halogens is 1. The summed E-state index contributed by atoms with van der Waals surface area (Å²) in [5, 5.41) is 2.85. The lowest BCUT2D eigenvalue weighted by Crippen LogP contribution is -2.41. The quantitative estimate of drug-likeness (QED) is 0.775. The molecule has 0 aliphatic carbocycles. The summed E-state index contributed by atoms with van der Waals surface area (Å²) in [7, 11) is 0. The smallest absolute Gasteiger partial charge is 0.220 e. The molecule has 0 atom stereocenters. The zero-order chi connectivity index (χ0) is 15.1. The van der Waals surface area contributed by atoms with E-state index in [4.69, 9.17) is 16.3 Å². The average molecular weight is 331 g/mol. The number of thiophene rings is 1. The van der Waals surface area contributed by atoms with Gasteiger partial charge in [-0.2, -0.15) is 0 Å². The number of morpholine rings is 1. The molecule has 2 rings (SSSR count). The molecule has 1 amide bonds. The van der Waals surface area contributed by atoms with Crippen molar-refractivity contribution in [3.05, 3.63) is 21.3 Å². The number of carbonyl (C=O) groups is 2. The molecule has 1 aromatic heterocycles. The van der Waals surface area contributed by atoms with Gasteiger partial charge in [0.25, 0.3) is 0 Å². The van der Waals surface area contributed by atoms with Gasteiger partial charge in [-0.1, -0.05) is 11.6 Å². The van der Waals surface area contributed by atoms with Crippen LogP contribution in [-0.4, -0.2) is 56.0 Å². The van der Waals surface area contributed by atoms with E-state index in [1.165, 1.54) is 11.3 Å². The van der Waals surface area contributed by atoms with Crippen LogP contribution < -0.4 is 5.32 Å². The standard InChI is InChI=1S/C14H19ClN2O3S/c15-13-3-2-12(21-13)11(18)1-4-14(19)16-5-6-17-7-9-20-10-8-17/h2-3H,1,4-10H2,(H,16,19). The molecular formula is C14H19ClN2O3S. The Morgan fingerprint density at radius 3 is 2.71 bits per heavy atom. The number of ketones is 1. The van der Waals surface area contributed by atoms with Crippen molar-refractivity contribution in [1.29, 1.82) is 0 Å². The zero-order valence-corrected chi connectivity index (χ0v) is 13.3. The number of rotatable bonds is 7. The van der Waals surface area contributed by atoms with Crippen LogP contribution in [0.1, 0.15) is 22.5 Å². The Balaban J connectivity index is 1.60. The maximum absolute atomic E-state index is 11.8. The molecule has 0 spiro atoms. The molecule has 2 heterocycles. The minimum absolute atomic E-state index is 0.0322. The molecule has 1 N–H and O–H groups in total. The van der Waals surface area contributed by atoms with Crippen LogP contribution in [0.25, 0.3) is 0 Å². The number of amides is 1. The summed E-state index contributed by atoms with van der Waals surface area (Å²) < 4.78 is 5.85. The van der Waals surface area contributed by atoms with Gasteiger partial charge in [-0.3, -0.25) is 14.5 Å². The Morgan fingerprint density at radius 1 is 1.29 bits per heavy atom. The van der Waals surface area contributed by atoms with Gasteiger partial charge >= 0.3 is 0 Å². The van der Waals surface area contributed by atoms with Gasteiger partial charge in [0.2, 0.25) is 5.91 Å². The lowest BCUT2D eigenvalue weighted by Gasteiger charge is -2.26. The number of nitrogens with zero attached hydrogens (tertiary/aromatic N) is 1. The molecule has 1 fully saturated rings. The van der Waals surface area contributed by atoms with Crippen LogP contribution in [0.5, 0.6) is 0 Å². The molecule has 1 aliphatic heterocycles. The molecule has 0 bridgehead atoms. The van der Waals surface area contributed by atoms with Crippen molar-refractivity contribution >= 4 is 34.6 Å². The van der Waals surface area contributed by atoms with Gasteiger partial charge in [-0.05, 0) is 12.1 Å². The minimum Gasteiger partial charge on any atom is -0.379 e. The second-order valence-corrected chi connectivity index (χ2v) is 6.55. The normalized spacial score (nSPS) is 15.9. The molecule has 116 valence electrons. The van der Waals surface area contributed by atoms with E-state index in [0.29, 0.717) is 15.8 Å². The number of ether oxygens (including phenoxy) is 1. The Bertz CT molecular complexity index is 486. The summed E-state index contributed by atoms with van der Waals surface area (Å²) >= 11 is 7.03. The highest BCUT2D eigenvalue weighted by Crippen LogP contribution is 2.22. The summed E-state index contributed by atoms with van der Waals surface area (Å²) in [5.74, 6) is -0.116. The summed E-state index contributed by atoms with van der Waals surface area (Å²) in [6.45, 7) is 4.76. The van der Waals surface area contributed by atoms with E-state index in [9.17, 15) is 9.59 Å². The topological polar surface area (TPSA) is 58.6 Å². The monoisotopic (exact) mass is 330 g/mol. The van der Waals surface area contributed by atoms with Crippen LogP contribution in [0.15, 0.2) is 12.1 Å². The largest absolute Gasteiger partial charge is 0.379 e. The van der Waals surface area contributed by atoms with E-state index in [0.717, 1.165) is 32.8 Å². The number of carbonyl (C=O) groups excluding carboxylic acids is 2. The van der Waals surface area contributed by atoms with E-state index < -0.39 is 0 Å². The SMILES string of the molecule is O=C(CCC(=O)c1ccc(Cl)s1)NCCN1CCOCC1. The first-order chi connectivity index (χ1) is 10.1. The van der Waals surface area contributed by atoms with E-state index >= 15 is 0 Å². The fraction of sp³-hybridized carbons (Fsp3) is 0.571.